The first kappa shape index (κ1) is 14.1. The lowest BCUT2D eigenvalue weighted by molar-refractivity contribution is 0.275. The fraction of sp³-hybridized carbons (Fsp3) is 0.250. The molecule has 1 heterocycles. The molecule has 2 aromatic rings. The van der Waals surface area contributed by atoms with E-state index in [4.69, 9.17) is 9.39 Å². The fourth-order valence-electron chi connectivity index (χ4n) is 2.62. The van der Waals surface area contributed by atoms with E-state index < -0.39 is 7.12 Å². The summed E-state index contributed by atoms with van der Waals surface area (Å²) in [6.07, 6.45) is 0.610. The zero-order valence-corrected chi connectivity index (χ0v) is 12.0. The van der Waals surface area contributed by atoms with Gasteiger partial charge in [-0.15, -0.1) is 0 Å². The Balaban J connectivity index is 1.98. The monoisotopic (exact) mass is 286 g/mol. The standard InChI is InChI=1S/C16H16BFO3/c1-3-11-5-4-6-14(16(11)18)21-13-8-7-12-9-20-17(19)15(12)10(13)2/h4-8,19H,3,9H2,1-2H3. The molecule has 3 rings (SSSR count). The van der Waals surface area contributed by atoms with Gasteiger partial charge in [0.15, 0.2) is 11.6 Å². The Morgan fingerprint density at radius 2 is 2.10 bits per heavy atom. The minimum Gasteiger partial charge on any atom is -0.454 e. The highest BCUT2D eigenvalue weighted by Gasteiger charge is 2.30. The summed E-state index contributed by atoms with van der Waals surface area (Å²) < 4.78 is 25.2. The van der Waals surface area contributed by atoms with Crippen molar-refractivity contribution in [3.8, 4) is 11.5 Å². The van der Waals surface area contributed by atoms with Gasteiger partial charge in [0, 0.05) is 0 Å². The Morgan fingerprint density at radius 3 is 2.86 bits per heavy atom. The normalized spacial score (nSPS) is 13.4. The van der Waals surface area contributed by atoms with Crippen molar-refractivity contribution in [3.63, 3.8) is 0 Å². The van der Waals surface area contributed by atoms with Gasteiger partial charge in [-0.2, -0.15) is 0 Å². The molecule has 0 amide bonds. The van der Waals surface area contributed by atoms with E-state index in [0.717, 1.165) is 16.6 Å². The van der Waals surface area contributed by atoms with Crippen LogP contribution in [0.5, 0.6) is 11.5 Å². The van der Waals surface area contributed by atoms with Gasteiger partial charge in [-0.1, -0.05) is 25.1 Å². The first-order valence-electron chi connectivity index (χ1n) is 6.99. The molecule has 0 saturated heterocycles. The predicted octanol–water partition coefficient (Wildman–Crippen LogP) is 2.71. The van der Waals surface area contributed by atoms with Crippen LogP contribution in [0.3, 0.4) is 0 Å². The van der Waals surface area contributed by atoms with Crippen LogP contribution in [0.15, 0.2) is 30.3 Å². The minimum atomic E-state index is -0.935. The molecule has 0 radical (unpaired) electrons. The lowest BCUT2D eigenvalue weighted by Gasteiger charge is -2.13. The second kappa shape index (κ2) is 5.50. The average Bonchev–Trinajstić information content (AvgIpc) is 2.86. The zero-order valence-electron chi connectivity index (χ0n) is 12.0. The van der Waals surface area contributed by atoms with Gasteiger partial charge in [-0.3, -0.25) is 0 Å². The maximum absolute atomic E-state index is 14.2. The quantitative estimate of drug-likeness (QED) is 0.882. The van der Waals surface area contributed by atoms with Crippen LogP contribution < -0.4 is 10.2 Å². The highest BCUT2D eigenvalue weighted by atomic mass is 19.1. The summed E-state index contributed by atoms with van der Waals surface area (Å²) in [5.74, 6) is 0.396. The number of fused-ring (bicyclic) bond motifs is 1. The first-order chi connectivity index (χ1) is 10.1. The second-order valence-electron chi connectivity index (χ2n) is 5.11. The van der Waals surface area contributed by atoms with E-state index in [-0.39, 0.29) is 11.6 Å². The molecule has 1 N–H and O–H groups in total. The van der Waals surface area contributed by atoms with Gasteiger partial charge >= 0.3 is 7.12 Å². The Hall–Kier alpha value is -1.85. The minimum absolute atomic E-state index is 0.200. The van der Waals surface area contributed by atoms with Crippen molar-refractivity contribution in [2.45, 2.75) is 26.9 Å². The van der Waals surface area contributed by atoms with E-state index in [9.17, 15) is 9.41 Å². The predicted molar refractivity (Wildman–Crippen MR) is 79.4 cm³/mol. The van der Waals surface area contributed by atoms with E-state index in [2.05, 4.69) is 0 Å². The van der Waals surface area contributed by atoms with Crippen LogP contribution in [0.25, 0.3) is 0 Å². The lowest BCUT2D eigenvalue weighted by Crippen LogP contribution is -2.30. The van der Waals surface area contributed by atoms with Gasteiger partial charge in [0.05, 0.1) is 6.61 Å². The van der Waals surface area contributed by atoms with E-state index >= 15 is 0 Å². The zero-order chi connectivity index (χ0) is 15.0. The van der Waals surface area contributed by atoms with Gasteiger partial charge in [0.1, 0.15) is 5.75 Å². The van der Waals surface area contributed by atoms with Gasteiger partial charge in [-0.25, -0.2) is 4.39 Å². The summed E-state index contributed by atoms with van der Waals surface area (Å²) in [6.45, 7) is 4.13. The van der Waals surface area contributed by atoms with Gasteiger partial charge in [0.25, 0.3) is 0 Å². The summed E-state index contributed by atoms with van der Waals surface area (Å²) in [5, 5.41) is 9.84. The van der Waals surface area contributed by atoms with Crippen molar-refractivity contribution in [1.29, 1.82) is 0 Å². The smallest absolute Gasteiger partial charge is 0.454 e. The molecule has 5 heteroatoms. The van der Waals surface area contributed by atoms with Crippen LogP contribution in [0.4, 0.5) is 4.39 Å². The van der Waals surface area contributed by atoms with E-state index in [0.29, 0.717) is 24.3 Å². The second-order valence-corrected chi connectivity index (χ2v) is 5.11. The number of halogens is 1. The fourth-order valence-corrected chi connectivity index (χ4v) is 2.62. The molecule has 1 aliphatic heterocycles. The molecule has 2 aromatic carbocycles. The number of aryl methyl sites for hydroxylation is 1. The lowest BCUT2D eigenvalue weighted by atomic mass is 9.76. The molecule has 108 valence electrons. The van der Waals surface area contributed by atoms with E-state index in [1.807, 2.05) is 19.9 Å². The molecule has 0 unspecified atom stereocenters. The molecule has 0 aliphatic carbocycles. The molecular formula is C16H16BFO3. The summed E-state index contributed by atoms with van der Waals surface area (Å²) in [6, 6.07) is 8.75. The molecule has 3 nitrogen and oxygen atoms in total. The van der Waals surface area contributed by atoms with E-state index in [1.54, 1.807) is 24.3 Å². The molecule has 0 saturated carbocycles. The number of benzene rings is 2. The van der Waals surface area contributed by atoms with Gasteiger partial charge < -0.3 is 14.4 Å². The topological polar surface area (TPSA) is 38.7 Å². The SMILES string of the molecule is CCc1cccc(Oc2ccc3c(c2C)B(O)OC3)c1F. The molecule has 0 aromatic heterocycles. The molecule has 0 atom stereocenters. The Kier molecular flexibility index (Phi) is 3.70. The number of hydrogen-bond acceptors (Lipinski definition) is 3. The van der Waals surface area contributed by atoms with Crippen LogP contribution in [-0.2, 0) is 17.7 Å². The number of ether oxygens (including phenoxy) is 1. The Morgan fingerprint density at radius 1 is 1.29 bits per heavy atom. The van der Waals surface area contributed by atoms with Crippen molar-refractivity contribution < 1.29 is 18.8 Å². The van der Waals surface area contributed by atoms with Crippen LogP contribution in [0.1, 0.15) is 23.6 Å². The van der Waals surface area contributed by atoms with Crippen molar-refractivity contribution in [2.24, 2.45) is 0 Å². The third kappa shape index (κ3) is 2.43. The van der Waals surface area contributed by atoms with Gasteiger partial charge in [-0.05, 0) is 47.6 Å². The molecule has 0 bridgehead atoms. The number of hydrogen-bond donors (Lipinski definition) is 1. The molecule has 1 aliphatic rings. The van der Waals surface area contributed by atoms with Crippen LogP contribution in [0, 0.1) is 12.7 Å². The average molecular weight is 286 g/mol. The van der Waals surface area contributed by atoms with Crippen LogP contribution >= 0.6 is 0 Å². The molecule has 0 fully saturated rings. The Labute approximate surface area is 123 Å². The highest BCUT2D eigenvalue weighted by Crippen LogP contribution is 2.30. The number of rotatable bonds is 3. The summed E-state index contributed by atoms with van der Waals surface area (Å²) >= 11 is 0. The summed E-state index contributed by atoms with van der Waals surface area (Å²) in [4.78, 5) is 0. The third-order valence-electron chi connectivity index (χ3n) is 3.84. The van der Waals surface area contributed by atoms with Crippen molar-refractivity contribution in [3.05, 3.63) is 52.8 Å². The van der Waals surface area contributed by atoms with Gasteiger partial charge in [0.2, 0.25) is 0 Å². The third-order valence-corrected chi connectivity index (χ3v) is 3.84. The van der Waals surface area contributed by atoms with Crippen molar-refractivity contribution in [2.75, 3.05) is 0 Å². The molecule has 0 spiro atoms. The first-order valence-corrected chi connectivity index (χ1v) is 6.99. The Bertz CT molecular complexity index is 687. The maximum atomic E-state index is 14.2. The van der Waals surface area contributed by atoms with Crippen molar-refractivity contribution in [1.82, 2.24) is 0 Å². The van der Waals surface area contributed by atoms with Crippen LogP contribution in [-0.4, -0.2) is 12.1 Å². The van der Waals surface area contributed by atoms with Crippen LogP contribution in [0.2, 0.25) is 0 Å². The van der Waals surface area contributed by atoms with E-state index in [1.165, 1.54) is 0 Å². The maximum Gasteiger partial charge on any atom is 0.492 e. The summed E-state index contributed by atoms with van der Waals surface area (Å²) in [5.41, 5.74) is 3.06. The highest BCUT2D eigenvalue weighted by molar-refractivity contribution is 6.62. The molecule has 21 heavy (non-hydrogen) atoms. The molecular weight excluding hydrogens is 270 g/mol. The largest absolute Gasteiger partial charge is 0.492 e. The summed E-state index contributed by atoms with van der Waals surface area (Å²) in [7, 11) is -0.935. The van der Waals surface area contributed by atoms with Crippen molar-refractivity contribution >= 4 is 12.6 Å².